The van der Waals surface area contributed by atoms with Gasteiger partial charge in [-0.05, 0) is 37.1 Å². The van der Waals surface area contributed by atoms with E-state index in [0.29, 0.717) is 10.7 Å². The molecule has 0 bridgehead atoms. The van der Waals surface area contributed by atoms with Gasteiger partial charge in [0.25, 0.3) is 0 Å². The summed E-state index contributed by atoms with van der Waals surface area (Å²) in [6, 6.07) is 14.9. The minimum absolute atomic E-state index is 0.213. The van der Waals surface area contributed by atoms with Gasteiger partial charge in [0, 0.05) is 16.8 Å². The molecule has 18 heavy (non-hydrogen) atoms. The van der Waals surface area contributed by atoms with E-state index in [-0.39, 0.29) is 11.9 Å². The highest BCUT2D eigenvalue weighted by atomic mass is 35.5. The van der Waals surface area contributed by atoms with E-state index in [1.54, 1.807) is 6.07 Å². The Morgan fingerprint density at radius 3 is 2.56 bits per heavy atom. The number of benzene rings is 2. The van der Waals surface area contributed by atoms with Gasteiger partial charge in [-0.2, -0.15) is 0 Å². The van der Waals surface area contributed by atoms with E-state index >= 15 is 0 Å². The van der Waals surface area contributed by atoms with Crippen LogP contribution in [0.3, 0.4) is 0 Å². The summed E-state index contributed by atoms with van der Waals surface area (Å²) in [6.45, 7) is 2.06. The van der Waals surface area contributed by atoms with E-state index < -0.39 is 0 Å². The molecule has 0 amide bonds. The Hall–Kier alpha value is -1.54. The molecular weight excluding hydrogens is 249 g/mol. The second-order valence-electron chi connectivity index (χ2n) is 4.39. The quantitative estimate of drug-likeness (QED) is 0.855. The molecule has 0 aromatic heterocycles. The normalized spacial score (nSPS) is 12.2. The number of hydrogen-bond acceptors (Lipinski definition) is 1. The van der Waals surface area contributed by atoms with E-state index in [9.17, 15) is 4.39 Å². The SMILES string of the molecule is CC(Cc1ccccc1)Nc1cc(F)cc(Cl)c1. The molecular formula is C15H15ClFN. The van der Waals surface area contributed by atoms with Crippen LogP contribution in [-0.2, 0) is 6.42 Å². The molecule has 3 heteroatoms. The molecule has 2 rings (SSSR count). The monoisotopic (exact) mass is 263 g/mol. The van der Waals surface area contributed by atoms with E-state index in [4.69, 9.17) is 11.6 Å². The predicted molar refractivity (Wildman–Crippen MR) is 74.6 cm³/mol. The fraction of sp³-hybridized carbons (Fsp3) is 0.200. The molecule has 1 N–H and O–H groups in total. The van der Waals surface area contributed by atoms with Gasteiger partial charge in [-0.3, -0.25) is 0 Å². The minimum Gasteiger partial charge on any atom is -0.382 e. The van der Waals surface area contributed by atoms with Crippen molar-refractivity contribution in [3.05, 3.63) is 64.9 Å². The molecule has 1 atom stereocenters. The predicted octanol–water partition coefficient (Wildman–Crippen LogP) is 4.52. The molecule has 2 aromatic carbocycles. The maximum Gasteiger partial charge on any atom is 0.126 e. The summed E-state index contributed by atoms with van der Waals surface area (Å²) in [5.41, 5.74) is 1.96. The number of halogens is 2. The van der Waals surface area contributed by atoms with Crippen LogP contribution in [0.1, 0.15) is 12.5 Å². The summed E-state index contributed by atoms with van der Waals surface area (Å²) in [5, 5.41) is 3.65. The van der Waals surface area contributed by atoms with Gasteiger partial charge in [0.2, 0.25) is 0 Å². The van der Waals surface area contributed by atoms with Crippen LogP contribution < -0.4 is 5.32 Å². The van der Waals surface area contributed by atoms with Crippen LogP contribution in [0.2, 0.25) is 5.02 Å². The smallest absolute Gasteiger partial charge is 0.126 e. The lowest BCUT2D eigenvalue weighted by atomic mass is 10.1. The maximum absolute atomic E-state index is 13.2. The Morgan fingerprint density at radius 2 is 1.89 bits per heavy atom. The van der Waals surface area contributed by atoms with E-state index in [0.717, 1.165) is 6.42 Å². The third kappa shape index (κ3) is 3.74. The topological polar surface area (TPSA) is 12.0 Å². The third-order valence-electron chi connectivity index (χ3n) is 2.66. The molecule has 1 unspecified atom stereocenters. The molecule has 0 heterocycles. The van der Waals surface area contributed by atoms with Crippen molar-refractivity contribution in [2.45, 2.75) is 19.4 Å². The summed E-state index contributed by atoms with van der Waals surface area (Å²) in [6.07, 6.45) is 0.884. The van der Waals surface area contributed by atoms with E-state index in [1.807, 2.05) is 18.2 Å². The first-order chi connectivity index (χ1) is 8.63. The van der Waals surface area contributed by atoms with Crippen LogP contribution in [0, 0.1) is 5.82 Å². The standard InChI is InChI=1S/C15H15ClFN/c1-11(7-12-5-3-2-4-6-12)18-15-9-13(16)8-14(17)10-15/h2-6,8-11,18H,7H2,1H3. The van der Waals surface area contributed by atoms with Crippen molar-refractivity contribution in [3.63, 3.8) is 0 Å². The van der Waals surface area contributed by atoms with Crippen LogP contribution in [0.4, 0.5) is 10.1 Å². The fourth-order valence-electron chi connectivity index (χ4n) is 1.94. The lowest BCUT2D eigenvalue weighted by Crippen LogP contribution is -2.18. The summed E-state index contributed by atoms with van der Waals surface area (Å²) < 4.78 is 13.2. The molecule has 0 aliphatic carbocycles. The first kappa shape index (κ1) is 12.9. The highest BCUT2D eigenvalue weighted by molar-refractivity contribution is 6.30. The van der Waals surface area contributed by atoms with Gasteiger partial charge in [-0.15, -0.1) is 0 Å². The van der Waals surface area contributed by atoms with Gasteiger partial charge in [0.05, 0.1) is 0 Å². The first-order valence-corrected chi connectivity index (χ1v) is 6.28. The van der Waals surface area contributed by atoms with Gasteiger partial charge >= 0.3 is 0 Å². The van der Waals surface area contributed by atoms with Gasteiger partial charge < -0.3 is 5.32 Å². The maximum atomic E-state index is 13.2. The summed E-state index contributed by atoms with van der Waals surface area (Å²) in [5.74, 6) is -0.322. The highest BCUT2D eigenvalue weighted by Crippen LogP contribution is 2.19. The van der Waals surface area contributed by atoms with E-state index in [2.05, 4.69) is 24.4 Å². The lowest BCUT2D eigenvalue weighted by Gasteiger charge is -2.15. The van der Waals surface area contributed by atoms with Crippen molar-refractivity contribution in [1.82, 2.24) is 0 Å². The number of anilines is 1. The largest absolute Gasteiger partial charge is 0.382 e. The van der Waals surface area contributed by atoms with Gasteiger partial charge in [-0.25, -0.2) is 4.39 Å². The lowest BCUT2D eigenvalue weighted by molar-refractivity contribution is 0.628. The van der Waals surface area contributed by atoms with Crippen LogP contribution in [0.15, 0.2) is 48.5 Å². The molecule has 0 spiro atoms. The summed E-state index contributed by atoms with van der Waals surface area (Å²) >= 11 is 5.81. The van der Waals surface area contributed by atoms with Crippen molar-refractivity contribution in [1.29, 1.82) is 0 Å². The van der Waals surface area contributed by atoms with Crippen molar-refractivity contribution in [2.75, 3.05) is 5.32 Å². The van der Waals surface area contributed by atoms with Crippen molar-refractivity contribution >= 4 is 17.3 Å². The molecule has 0 saturated carbocycles. The minimum atomic E-state index is -0.322. The van der Waals surface area contributed by atoms with Gasteiger partial charge in [0.1, 0.15) is 5.82 Å². The molecule has 0 fully saturated rings. The highest BCUT2D eigenvalue weighted by Gasteiger charge is 2.05. The molecule has 0 aliphatic heterocycles. The Balaban J connectivity index is 2.01. The van der Waals surface area contributed by atoms with Crippen molar-refractivity contribution in [3.8, 4) is 0 Å². The van der Waals surface area contributed by atoms with Crippen LogP contribution in [-0.4, -0.2) is 6.04 Å². The van der Waals surface area contributed by atoms with Gasteiger partial charge in [-0.1, -0.05) is 41.9 Å². The molecule has 2 aromatic rings. The van der Waals surface area contributed by atoms with Gasteiger partial charge in [0.15, 0.2) is 0 Å². The second-order valence-corrected chi connectivity index (χ2v) is 4.83. The zero-order valence-electron chi connectivity index (χ0n) is 10.2. The molecule has 0 radical (unpaired) electrons. The summed E-state index contributed by atoms with van der Waals surface area (Å²) in [7, 11) is 0. The van der Waals surface area contributed by atoms with Crippen molar-refractivity contribution < 1.29 is 4.39 Å². The molecule has 0 aliphatic rings. The van der Waals surface area contributed by atoms with E-state index in [1.165, 1.54) is 17.7 Å². The first-order valence-electron chi connectivity index (χ1n) is 5.90. The molecule has 94 valence electrons. The Kier molecular flexibility index (Phi) is 4.21. The zero-order valence-corrected chi connectivity index (χ0v) is 10.9. The Morgan fingerprint density at radius 1 is 1.17 bits per heavy atom. The van der Waals surface area contributed by atoms with Crippen LogP contribution in [0.25, 0.3) is 0 Å². The summed E-state index contributed by atoms with van der Waals surface area (Å²) in [4.78, 5) is 0. The number of hydrogen-bond donors (Lipinski definition) is 1. The Labute approximate surface area is 112 Å². The van der Waals surface area contributed by atoms with Crippen LogP contribution in [0.5, 0.6) is 0 Å². The number of rotatable bonds is 4. The van der Waals surface area contributed by atoms with Crippen LogP contribution >= 0.6 is 11.6 Å². The number of nitrogens with one attached hydrogen (secondary N) is 1. The molecule has 1 nitrogen and oxygen atoms in total. The fourth-order valence-corrected chi connectivity index (χ4v) is 2.16. The average molecular weight is 264 g/mol. The molecule has 0 saturated heterocycles. The third-order valence-corrected chi connectivity index (χ3v) is 2.88. The second kappa shape index (κ2) is 5.87. The average Bonchev–Trinajstić information content (AvgIpc) is 2.28. The Bertz CT molecular complexity index is 493. The van der Waals surface area contributed by atoms with Crippen molar-refractivity contribution in [2.24, 2.45) is 0 Å². The zero-order chi connectivity index (χ0) is 13.0.